The molecule has 2 nitrogen and oxygen atoms in total. The first kappa shape index (κ1) is 24.9. The maximum absolute atomic E-state index is 2.90. The quantitative estimate of drug-likeness (QED) is 0.309. The monoisotopic (exact) mass is 452 g/mol. The molecule has 186 valence electrons. The van der Waals surface area contributed by atoms with Crippen LogP contribution in [0.1, 0.15) is 135 Å². The van der Waals surface area contributed by atoms with Gasteiger partial charge < -0.3 is 9.80 Å². The van der Waals surface area contributed by atoms with Crippen LogP contribution in [0.4, 0.5) is 11.4 Å². The van der Waals surface area contributed by atoms with Crippen LogP contribution in [-0.4, -0.2) is 24.7 Å². The third-order valence-electron chi connectivity index (χ3n) is 8.93. The van der Waals surface area contributed by atoms with Crippen LogP contribution in [0.25, 0.3) is 0 Å². The zero-order valence-electron chi connectivity index (χ0n) is 21.8. The van der Waals surface area contributed by atoms with Gasteiger partial charge in [-0.3, -0.25) is 0 Å². The lowest BCUT2D eigenvalue weighted by molar-refractivity contribution is 0.340. The molecule has 1 aromatic rings. The van der Waals surface area contributed by atoms with Gasteiger partial charge in [0, 0.05) is 36.0 Å². The smallest absolute Gasteiger partial charge is 0.0372 e. The van der Waals surface area contributed by atoms with Gasteiger partial charge in [0.25, 0.3) is 0 Å². The van der Waals surface area contributed by atoms with Gasteiger partial charge in [-0.05, 0) is 69.2 Å². The zero-order valence-corrected chi connectivity index (χ0v) is 21.8. The van der Waals surface area contributed by atoms with Gasteiger partial charge in [-0.2, -0.15) is 0 Å². The van der Waals surface area contributed by atoms with Crippen molar-refractivity contribution in [1.82, 2.24) is 0 Å². The van der Waals surface area contributed by atoms with E-state index in [0.717, 1.165) is 18.1 Å². The number of hydrogen-bond acceptors (Lipinski definition) is 2. The maximum Gasteiger partial charge on any atom is 0.0372 e. The Hall–Kier alpha value is -1.18. The van der Waals surface area contributed by atoms with E-state index in [0.29, 0.717) is 0 Å². The average molecular weight is 453 g/mol. The summed E-state index contributed by atoms with van der Waals surface area (Å²) in [6.45, 7) is 3.57. The number of hydrogen-bond donors (Lipinski definition) is 0. The first-order chi connectivity index (χ1) is 16.4. The van der Waals surface area contributed by atoms with Gasteiger partial charge in [-0.15, -0.1) is 0 Å². The van der Waals surface area contributed by atoms with E-state index < -0.39 is 0 Å². The second-order valence-corrected chi connectivity index (χ2v) is 11.4. The van der Waals surface area contributed by atoms with Crippen molar-refractivity contribution >= 4 is 11.4 Å². The van der Waals surface area contributed by atoms with Crippen LogP contribution < -0.4 is 9.80 Å². The topological polar surface area (TPSA) is 6.48 Å². The molecule has 3 aliphatic carbocycles. The summed E-state index contributed by atoms with van der Waals surface area (Å²) < 4.78 is 0. The maximum atomic E-state index is 2.90. The highest BCUT2D eigenvalue weighted by molar-refractivity contribution is 5.58. The minimum absolute atomic E-state index is 0.767. The predicted molar refractivity (Wildman–Crippen MR) is 146 cm³/mol. The van der Waals surface area contributed by atoms with Crippen LogP contribution in [0.3, 0.4) is 0 Å². The molecular formula is C31H52N2. The summed E-state index contributed by atoms with van der Waals surface area (Å²) in [5, 5.41) is 0. The zero-order chi connectivity index (χ0) is 22.7. The summed E-state index contributed by atoms with van der Waals surface area (Å²) in [6, 6.07) is 12.3. The van der Waals surface area contributed by atoms with Crippen LogP contribution in [0.15, 0.2) is 24.3 Å². The first-order valence-corrected chi connectivity index (χ1v) is 15.0. The fourth-order valence-electron chi connectivity index (χ4n) is 7.06. The lowest BCUT2D eigenvalue weighted by Gasteiger charge is -2.44. The van der Waals surface area contributed by atoms with Crippen molar-refractivity contribution in [1.29, 1.82) is 0 Å². The Labute approximate surface area is 205 Å². The van der Waals surface area contributed by atoms with E-state index in [1.165, 1.54) is 146 Å². The number of benzene rings is 1. The third kappa shape index (κ3) is 7.15. The normalized spacial score (nSPS) is 21.2. The fourth-order valence-corrected chi connectivity index (χ4v) is 7.06. The van der Waals surface area contributed by atoms with E-state index in [-0.39, 0.29) is 0 Å². The van der Waals surface area contributed by atoms with E-state index in [2.05, 4.69) is 41.0 Å². The SMILES string of the molecule is CCCCCCCN(c1ccc(N(C2CCCCC2)C2CCCCC2)cc1)C1CCCCC1. The van der Waals surface area contributed by atoms with Gasteiger partial charge in [0.2, 0.25) is 0 Å². The van der Waals surface area contributed by atoms with Crippen molar-refractivity contribution in [3.63, 3.8) is 0 Å². The second-order valence-electron chi connectivity index (χ2n) is 11.4. The van der Waals surface area contributed by atoms with Crippen molar-refractivity contribution in [2.45, 2.75) is 153 Å². The van der Waals surface area contributed by atoms with E-state index in [4.69, 9.17) is 0 Å². The molecule has 0 heterocycles. The highest BCUT2D eigenvalue weighted by atomic mass is 15.2. The first-order valence-electron chi connectivity index (χ1n) is 15.0. The van der Waals surface area contributed by atoms with E-state index in [1.54, 1.807) is 0 Å². The molecule has 0 N–H and O–H groups in total. The molecule has 4 rings (SSSR count). The van der Waals surface area contributed by atoms with Gasteiger partial charge in [-0.1, -0.05) is 90.4 Å². The lowest BCUT2D eigenvalue weighted by atomic mass is 9.88. The molecule has 3 aliphatic rings. The Morgan fingerprint density at radius 3 is 1.52 bits per heavy atom. The molecule has 0 spiro atoms. The largest absolute Gasteiger partial charge is 0.369 e. The lowest BCUT2D eigenvalue weighted by Crippen LogP contribution is -2.45. The number of anilines is 2. The van der Waals surface area contributed by atoms with Crippen LogP contribution in [-0.2, 0) is 0 Å². The minimum atomic E-state index is 0.767. The molecule has 0 unspecified atom stereocenters. The van der Waals surface area contributed by atoms with Gasteiger partial charge >= 0.3 is 0 Å². The molecule has 3 fully saturated rings. The predicted octanol–water partition coefficient (Wildman–Crippen LogP) is 9.27. The van der Waals surface area contributed by atoms with E-state index in [1.807, 2.05) is 0 Å². The number of unbranched alkanes of at least 4 members (excludes halogenated alkanes) is 4. The Kier molecular flexibility index (Phi) is 10.3. The molecule has 0 aliphatic heterocycles. The molecule has 0 amide bonds. The van der Waals surface area contributed by atoms with Crippen molar-refractivity contribution in [2.24, 2.45) is 0 Å². The molecule has 2 heteroatoms. The molecule has 33 heavy (non-hydrogen) atoms. The molecule has 0 bridgehead atoms. The summed E-state index contributed by atoms with van der Waals surface area (Å²) in [4.78, 5) is 5.71. The van der Waals surface area contributed by atoms with Crippen LogP contribution in [0.2, 0.25) is 0 Å². The van der Waals surface area contributed by atoms with Crippen molar-refractivity contribution < 1.29 is 0 Å². The Morgan fingerprint density at radius 2 is 1.00 bits per heavy atom. The van der Waals surface area contributed by atoms with Crippen molar-refractivity contribution in [2.75, 3.05) is 16.3 Å². The van der Waals surface area contributed by atoms with Crippen LogP contribution in [0, 0.1) is 0 Å². The number of nitrogens with zero attached hydrogens (tertiary/aromatic N) is 2. The Morgan fingerprint density at radius 1 is 0.545 bits per heavy atom. The van der Waals surface area contributed by atoms with Crippen molar-refractivity contribution in [3.05, 3.63) is 24.3 Å². The van der Waals surface area contributed by atoms with Gasteiger partial charge in [0.15, 0.2) is 0 Å². The number of rotatable bonds is 11. The van der Waals surface area contributed by atoms with Gasteiger partial charge in [0.05, 0.1) is 0 Å². The fraction of sp³-hybridized carbons (Fsp3) is 0.806. The van der Waals surface area contributed by atoms with Crippen molar-refractivity contribution in [3.8, 4) is 0 Å². The molecule has 0 radical (unpaired) electrons. The highest BCUT2D eigenvalue weighted by Crippen LogP contribution is 2.36. The molecule has 1 aromatic carbocycles. The summed E-state index contributed by atoms with van der Waals surface area (Å²) in [7, 11) is 0. The minimum Gasteiger partial charge on any atom is -0.369 e. The third-order valence-corrected chi connectivity index (χ3v) is 8.93. The summed E-state index contributed by atoms with van der Waals surface area (Å²) >= 11 is 0. The van der Waals surface area contributed by atoms with Crippen LogP contribution >= 0.6 is 0 Å². The van der Waals surface area contributed by atoms with Gasteiger partial charge in [-0.25, -0.2) is 0 Å². The van der Waals surface area contributed by atoms with E-state index >= 15 is 0 Å². The Bertz CT molecular complexity index is 617. The van der Waals surface area contributed by atoms with Crippen LogP contribution in [0.5, 0.6) is 0 Å². The highest BCUT2D eigenvalue weighted by Gasteiger charge is 2.29. The molecule has 0 saturated heterocycles. The molecule has 0 aromatic heterocycles. The summed E-state index contributed by atoms with van der Waals surface area (Å²) in [6.07, 6.45) is 28.2. The molecular weight excluding hydrogens is 400 g/mol. The summed E-state index contributed by atoms with van der Waals surface area (Å²) in [5.74, 6) is 0. The van der Waals surface area contributed by atoms with Gasteiger partial charge in [0.1, 0.15) is 0 Å². The second kappa shape index (κ2) is 13.6. The van der Waals surface area contributed by atoms with E-state index in [9.17, 15) is 0 Å². The Balaban J connectivity index is 1.48. The standard InChI is InChI=1S/C31H52N2/c1-2-3-4-5-15-26-32(27-16-9-6-10-17-27)28-22-24-31(25-23-28)33(29-18-11-7-12-19-29)30-20-13-8-14-21-30/h22-25,27,29-30H,2-21,26H2,1H3. The summed E-state index contributed by atoms with van der Waals surface area (Å²) in [5.41, 5.74) is 3.01. The molecule has 0 atom stereocenters. The average Bonchev–Trinajstić information content (AvgIpc) is 2.89. The molecule has 3 saturated carbocycles.